The highest BCUT2D eigenvalue weighted by Crippen LogP contribution is 2.64. The van der Waals surface area contributed by atoms with Crippen LogP contribution in [-0.2, 0) is 11.2 Å². The van der Waals surface area contributed by atoms with Crippen molar-refractivity contribution < 1.29 is 4.79 Å². The van der Waals surface area contributed by atoms with E-state index in [0.717, 1.165) is 60.8 Å². The van der Waals surface area contributed by atoms with Crippen LogP contribution < -0.4 is 5.69 Å². The summed E-state index contributed by atoms with van der Waals surface area (Å²) in [7, 11) is 1.74. The molecule has 0 saturated heterocycles. The molecule has 2 atom stereocenters. The molecule has 2 heterocycles. The van der Waals surface area contributed by atoms with Gasteiger partial charge in [0.25, 0.3) is 0 Å². The Labute approximate surface area is 174 Å². The number of hydrogen-bond donors (Lipinski definition) is 1. The van der Waals surface area contributed by atoms with Gasteiger partial charge < -0.3 is 9.88 Å². The minimum atomic E-state index is -0.349. The van der Waals surface area contributed by atoms with E-state index in [4.69, 9.17) is 5.26 Å². The number of fused-ring (bicyclic) bond motifs is 3. The quantitative estimate of drug-likeness (QED) is 0.797. The second-order valence-corrected chi connectivity index (χ2v) is 9.85. The first-order valence-electron chi connectivity index (χ1n) is 10.9. The molecule has 1 N–H and O–H groups in total. The van der Waals surface area contributed by atoms with Crippen molar-refractivity contribution in [2.75, 3.05) is 13.6 Å². The molecule has 4 fully saturated rings. The van der Waals surface area contributed by atoms with Crippen molar-refractivity contribution in [3.05, 3.63) is 34.0 Å². The molecule has 4 bridgehead atoms. The van der Waals surface area contributed by atoms with Crippen LogP contribution in [0.2, 0.25) is 0 Å². The van der Waals surface area contributed by atoms with Gasteiger partial charge in [-0.05, 0) is 49.9 Å². The summed E-state index contributed by atoms with van der Waals surface area (Å²) in [6.07, 6.45) is 11.5. The molecule has 7 rings (SSSR count). The maximum atomic E-state index is 13.3. The van der Waals surface area contributed by atoms with Crippen LogP contribution in [0.4, 0.5) is 0 Å². The maximum Gasteiger partial charge on any atom is 0.326 e. The average Bonchev–Trinajstić information content (AvgIpc) is 3.31. The molecule has 5 aliphatic rings. The van der Waals surface area contributed by atoms with E-state index in [1.807, 2.05) is 4.57 Å². The molecule has 1 amide bonds. The van der Waals surface area contributed by atoms with Crippen molar-refractivity contribution in [3.63, 3.8) is 0 Å². The van der Waals surface area contributed by atoms with Crippen molar-refractivity contribution in [1.29, 1.82) is 5.26 Å². The van der Waals surface area contributed by atoms with Crippen LogP contribution in [0.25, 0.3) is 17.1 Å². The summed E-state index contributed by atoms with van der Waals surface area (Å²) < 4.78 is 2.01. The summed E-state index contributed by atoms with van der Waals surface area (Å²) in [4.78, 5) is 35.6. The summed E-state index contributed by atoms with van der Waals surface area (Å²) in [5, 5.41) is 9.05. The lowest BCUT2D eigenvalue weighted by Crippen LogP contribution is -2.57. The molecule has 0 aliphatic heterocycles. The van der Waals surface area contributed by atoms with Crippen molar-refractivity contribution in [1.82, 2.24) is 19.4 Å². The maximum absolute atomic E-state index is 13.3. The minimum absolute atomic E-state index is 0.0556. The van der Waals surface area contributed by atoms with E-state index in [-0.39, 0.29) is 29.6 Å². The van der Waals surface area contributed by atoms with Crippen molar-refractivity contribution in [3.8, 4) is 6.07 Å². The number of amides is 1. The lowest BCUT2D eigenvalue weighted by atomic mass is 9.47. The second-order valence-electron chi connectivity index (χ2n) is 9.85. The number of rotatable bonds is 3. The van der Waals surface area contributed by atoms with E-state index in [1.54, 1.807) is 18.1 Å². The molecule has 154 valence electrons. The summed E-state index contributed by atoms with van der Waals surface area (Å²) >= 11 is 0. The van der Waals surface area contributed by atoms with Gasteiger partial charge >= 0.3 is 5.69 Å². The molecule has 0 radical (unpaired) electrons. The molecular weight excluding hydrogens is 378 g/mol. The third kappa shape index (κ3) is 2.28. The standard InChI is InChI=1S/C23H25N5O2/c1-27(6-5-24)21(29)23-9-13-7-14(10-23)19(15(8-13)11-23)28-20-16-3-2-4-17(16)25-12-18(20)26-22(28)30/h2-3,12-15,19H,4,6-11H2,1H3,(H,26,30). The van der Waals surface area contributed by atoms with Crippen LogP contribution in [0.15, 0.2) is 17.1 Å². The van der Waals surface area contributed by atoms with Gasteiger partial charge in [0.1, 0.15) is 6.54 Å². The zero-order valence-corrected chi connectivity index (χ0v) is 17.1. The van der Waals surface area contributed by atoms with E-state index in [1.165, 1.54) is 0 Å². The van der Waals surface area contributed by atoms with E-state index in [0.29, 0.717) is 17.8 Å². The Bertz CT molecular complexity index is 1180. The highest BCUT2D eigenvalue weighted by Gasteiger charge is 2.59. The molecule has 5 aliphatic carbocycles. The third-order valence-electron chi connectivity index (χ3n) is 8.10. The van der Waals surface area contributed by atoms with Gasteiger partial charge in [-0.3, -0.25) is 14.3 Å². The molecule has 7 nitrogen and oxygen atoms in total. The number of carbonyl (C=O) groups is 1. The number of allylic oxidation sites excluding steroid dienone is 1. The van der Waals surface area contributed by atoms with E-state index in [2.05, 4.69) is 28.2 Å². The molecule has 0 spiro atoms. The predicted molar refractivity (Wildman–Crippen MR) is 111 cm³/mol. The van der Waals surface area contributed by atoms with Gasteiger partial charge in [0.2, 0.25) is 5.91 Å². The fourth-order valence-corrected chi connectivity index (χ4v) is 7.36. The van der Waals surface area contributed by atoms with Crippen LogP contribution in [0.1, 0.15) is 49.4 Å². The zero-order valence-electron chi connectivity index (χ0n) is 17.1. The number of aromatic nitrogens is 3. The van der Waals surface area contributed by atoms with Crippen LogP contribution in [-0.4, -0.2) is 38.9 Å². The Hall–Kier alpha value is -2.88. The smallest absolute Gasteiger partial charge is 0.326 e. The second kappa shape index (κ2) is 6.07. The molecule has 30 heavy (non-hydrogen) atoms. The minimum Gasteiger partial charge on any atom is -0.332 e. The summed E-state index contributed by atoms with van der Waals surface area (Å²) in [6, 6.07) is 2.24. The Morgan fingerprint density at radius 1 is 1.37 bits per heavy atom. The van der Waals surface area contributed by atoms with Crippen LogP contribution in [0.3, 0.4) is 0 Å². The molecular formula is C23H25N5O2. The fraction of sp³-hybridized carbons (Fsp3) is 0.565. The zero-order chi connectivity index (χ0) is 20.6. The van der Waals surface area contributed by atoms with Gasteiger partial charge in [-0.15, -0.1) is 0 Å². The van der Waals surface area contributed by atoms with Crippen molar-refractivity contribution in [2.24, 2.45) is 23.2 Å². The summed E-state index contributed by atoms with van der Waals surface area (Å²) in [5.41, 5.74) is 3.48. The SMILES string of the molecule is CN(CC#N)C(=O)C12CC3CC(C1)C(n1c(=O)[nH]c4cnc5c(c41)C=CC5)C(C3)C2. The normalized spacial score (nSPS) is 33.1. The monoisotopic (exact) mass is 403 g/mol. The topological polar surface area (TPSA) is 94.8 Å². The van der Waals surface area contributed by atoms with E-state index in [9.17, 15) is 9.59 Å². The Kier molecular flexibility index (Phi) is 3.63. The van der Waals surface area contributed by atoms with Gasteiger partial charge in [-0.25, -0.2) is 4.79 Å². The van der Waals surface area contributed by atoms with Crippen molar-refractivity contribution >= 4 is 23.0 Å². The number of carbonyl (C=O) groups excluding carboxylic acids is 1. The molecule has 0 aromatic carbocycles. The lowest BCUT2D eigenvalue weighted by molar-refractivity contribution is -0.160. The largest absolute Gasteiger partial charge is 0.332 e. The third-order valence-corrected chi connectivity index (χ3v) is 8.10. The Morgan fingerprint density at radius 3 is 2.87 bits per heavy atom. The van der Waals surface area contributed by atoms with Crippen molar-refractivity contribution in [2.45, 2.75) is 44.6 Å². The van der Waals surface area contributed by atoms with Crippen LogP contribution in [0.5, 0.6) is 0 Å². The number of pyridine rings is 1. The number of nitriles is 1. The number of nitrogens with one attached hydrogen (secondary N) is 1. The van der Waals surface area contributed by atoms with E-state index >= 15 is 0 Å². The van der Waals surface area contributed by atoms with Gasteiger partial charge in [0.05, 0.1) is 34.4 Å². The predicted octanol–water partition coefficient (Wildman–Crippen LogP) is 2.64. The van der Waals surface area contributed by atoms with Crippen LogP contribution in [0, 0.1) is 34.5 Å². The molecule has 2 aromatic heterocycles. The van der Waals surface area contributed by atoms with Gasteiger partial charge in [-0.2, -0.15) is 5.26 Å². The number of hydrogen-bond acceptors (Lipinski definition) is 4. The van der Waals surface area contributed by atoms with Gasteiger partial charge in [0.15, 0.2) is 0 Å². The Morgan fingerprint density at radius 2 is 2.13 bits per heavy atom. The molecule has 4 saturated carbocycles. The molecule has 7 heteroatoms. The number of nitrogens with zero attached hydrogens (tertiary/aromatic N) is 4. The average molecular weight is 403 g/mol. The Balaban J connectivity index is 1.44. The lowest BCUT2D eigenvalue weighted by Gasteiger charge is -2.59. The first-order chi connectivity index (χ1) is 14.5. The highest BCUT2D eigenvalue weighted by atomic mass is 16.2. The summed E-state index contributed by atoms with van der Waals surface area (Å²) in [6.45, 7) is 0.136. The number of H-pyrrole nitrogens is 1. The first kappa shape index (κ1) is 17.9. The molecule has 2 unspecified atom stereocenters. The molecule has 2 aromatic rings. The fourth-order valence-electron chi connectivity index (χ4n) is 7.36. The van der Waals surface area contributed by atoms with Gasteiger partial charge in [-0.1, -0.05) is 12.2 Å². The number of imidazole rings is 1. The van der Waals surface area contributed by atoms with E-state index < -0.39 is 0 Å². The first-order valence-corrected chi connectivity index (χ1v) is 10.9. The number of aromatic amines is 1. The summed E-state index contributed by atoms with van der Waals surface area (Å²) in [5.74, 6) is 1.32. The highest BCUT2D eigenvalue weighted by molar-refractivity contribution is 5.87. The van der Waals surface area contributed by atoms with Crippen LogP contribution >= 0.6 is 0 Å². The van der Waals surface area contributed by atoms with Gasteiger partial charge in [0, 0.05) is 25.1 Å².